The van der Waals surface area contributed by atoms with E-state index in [0.717, 1.165) is 27.0 Å². The second kappa shape index (κ2) is 10.5. The molecule has 6 nitrogen and oxygen atoms in total. The van der Waals surface area contributed by atoms with Gasteiger partial charge in [0.2, 0.25) is 0 Å². The average Bonchev–Trinajstić information content (AvgIpc) is 3.16. The number of anilines is 1. The minimum atomic E-state index is -0.393. The molecule has 1 amide bonds. The smallest absolute Gasteiger partial charge is 0.344 e. The predicted molar refractivity (Wildman–Crippen MR) is 129 cm³/mol. The molecule has 0 saturated heterocycles. The zero-order valence-corrected chi connectivity index (χ0v) is 19.8. The number of halogens is 1. The number of fused-ring (bicyclic) bond motifs is 1. The van der Waals surface area contributed by atoms with Crippen molar-refractivity contribution in [3.63, 3.8) is 0 Å². The van der Waals surface area contributed by atoms with Gasteiger partial charge in [0.05, 0.1) is 19.8 Å². The molecule has 3 aromatic carbocycles. The first kappa shape index (κ1) is 22.9. The van der Waals surface area contributed by atoms with Gasteiger partial charge in [-0.1, -0.05) is 34.1 Å². The zero-order valence-electron chi connectivity index (χ0n) is 18.3. The van der Waals surface area contributed by atoms with E-state index in [1.807, 2.05) is 60.7 Å². The molecule has 0 fully saturated rings. The van der Waals surface area contributed by atoms with Crippen LogP contribution in [-0.4, -0.2) is 31.7 Å². The first-order valence-electron chi connectivity index (χ1n) is 10.7. The number of nitrogens with zero attached hydrogens (tertiary/aromatic N) is 1. The molecule has 0 bridgehead atoms. The van der Waals surface area contributed by atoms with Crippen LogP contribution in [0.1, 0.15) is 28.4 Å². The summed E-state index contributed by atoms with van der Waals surface area (Å²) in [6.07, 6.45) is 0.657. The molecule has 33 heavy (non-hydrogen) atoms. The van der Waals surface area contributed by atoms with Crippen molar-refractivity contribution in [2.45, 2.75) is 19.9 Å². The van der Waals surface area contributed by atoms with Gasteiger partial charge >= 0.3 is 5.97 Å². The quantitative estimate of drug-likeness (QED) is 0.372. The van der Waals surface area contributed by atoms with E-state index < -0.39 is 5.97 Å². The lowest BCUT2D eigenvalue weighted by Crippen LogP contribution is -2.22. The van der Waals surface area contributed by atoms with Gasteiger partial charge in [-0.3, -0.25) is 4.79 Å². The molecule has 0 aliphatic carbocycles. The third kappa shape index (κ3) is 5.54. The predicted octanol–water partition coefficient (Wildman–Crippen LogP) is 5.17. The Morgan fingerprint density at radius 1 is 1.03 bits per heavy atom. The van der Waals surface area contributed by atoms with Crippen LogP contribution >= 0.6 is 15.9 Å². The van der Waals surface area contributed by atoms with Crippen LogP contribution in [0, 0.1) is 0 Å². The summed E-state index contributed by atoms with van der Waals surface area (Å²) >= 11 is 3.43. The fourth-order valence-electron chi connectivity index (χ4n) is 3.68. The van der Waals surface area contributed by atoms with E-state index in [-0.39, 0.29) is 12.5 Å². The molecule has 0 aromatic heterocycles. The van der Waals surface area contributed by atoms with Crippen molar-refractivity contribution in [2.75, 3.05) is 24.7 Å². The van der Waals surface area contributed by atoms with Crippen LogP contribution in [0.25, 0.3) is 0 Å². The molecule has 4 rings (SSSR count). The van der Waals surface area contributed by atoms with Crippen molar-refractivity contribution < 1.29 is 23.8 Å². The number of amides is 1. The SMILES string of the molecule is CCOC(=O)COc1cccc(CCOc2cccc3c2CN(c2ccc(Br)cc2)C3=O)c1. The number of carbonyl (C=O) groups is 2. The molecule has 1 aliphatic rings. The number of carbonyl (C=O) groups excluding carboxylic acids is 2. The Hall–Kier alpha value is -3.32. The van der Waals surface area contributed by atoms with Crippen LogP contribution in [-0.2, 0) is 22.5 Å². The first-order valence-corrected chi connectivity index (χ1v) is 11.5. The summed E-state index contributed by atoms with van der Waals surface area (Å²) in [4.78, 5) is 26.2. The van der Waals surface area contributed by atoms with Crippen molar-refractivity contribution in [2.24, 2.45) is 0 Å². The minimum Gasteiger partial charge on any atom is -0.493 e. The molecule has 0 unspecified atom stereocenters. The molecule has 3 aromatic rings. The second-order valence-corrected chi connectivity index (χ2v) is 8.41. The lowest BCUT2D eigenvalue weighted by atomic mass is 10.1. The third-order valence-corrected chi connectivity index (χ3v) is 5.80. The normalized spacial score (nSPS) is 12.4. The van der Waals surface area contributed by atoms with E-state index in [0.29, 0.717) is 37.5 Å². The van der Waals surface area contributed by atoms with Crippen LogP contribution in [0.2, 0.25) is 0 Å². The molecule has 0 radical (unpaired) electrons. The Bertz CT molecular complexity index is 1150. The van der Waals surface area contributed by atoms with Gasteiger partial charge in [-0.05, 0) is 61.0 Å². The van der Waals surface area contributed by atoms with E-state index >= 15 is 0 Å². The second-order valence-electron chi connectivity index (χ2n) is 7.49. The standard InChI is InChI=1S/C26H24BrNO5/c1-2-31-25(29)17-33-21-6-3-5-18(15-21)13-14-32-24-8-4-7-22-23(24)16-28(26(22)30)20-11-9-19(27)10-12-20/h3-12,15H,2,13-14,16-17H2,1H3. The van der Waals surface area contributed by atoms with Crippen LogP contribution in [0.5, 0.6) is 11.5 Å². The van der Waals surface area contributed by atoms with Gasteiger partial charge in [0.1, 0.15) is 11.5 Å². The first-order chi connectivity index (χ1) is 16.0. The van der Waals surface area contributed by atoms with Crippen molar-refractivity contribution in [3.8, 4) is 11.5 Å². The Kier molecular flexibility index (Phi) is 7.29. The number of ether oxygens (including phenoxy) is 3. The van der Waals surface area contributed by atoms with Crippen molar-refractivity contribution >= 4 is 33.5 Å². The van der Waals surface area contributed by atoms with Gasteiger partial charge in [-0.15, -0.1) is 0 Å². The lowest BCUT2D eigenvalue weighted by Gasteiger charge is -2.16. The van der Waals surface area contributed by atoms with Crippen molar-refractivity contribution in [3.05, 3.63) is 87.9 Å². The summed E-state index contributed by atoms with van der Waals surface area (Å²) in [5, 5.41) is 0. The number of esters is 1. The highest BCUT2D eigenvalue weighted by Gasteiger charge is 2.30. The van der Waals surface area contributed by atoms with Gasteiger partial charge in [0.25, 0.3) is 5.91 Å². The topological polar surface area (TPSA) is 65.1 Å². The third-order valence-electron chi connectivity index (χ3n) is 5.27. The molecule has 0 atom stereocenters. The van der Waals surface area contributed by atoms with Gasteiger partial charge in [-0.2, -0.15) is 0 Å². The van der Waals surface area contributed by atoms with E-state index in [4.69, 9.17) is 14.2 Å². The highest BCUT2D eigenvalue weighted by molar-refractivity contribution is 9.10. The summed E-state index contributed by atoms with van der Waals surface area (Å²) in [6, 6.07) is 20.8. The largest absolute Gasteiger partial charge is 0.493 e. The summed E-state index contributed by atoms with van der Waals surface area (Å²) in [5.74, 6) is 0.909. The molecule has 0 saturated carbocycles. The minimum absolute atomic E-state index is 0.0239. The molecule has 7 heteroatoms. The maximum absolute atomic E-state index is 12.9. The highest BCUT2D eigenvalue weighted by atomic mass is 79.9. The lowest BCUT2D eigenvalue weighted by molar-refractivity contribution is -0.145. The number of rotatable bonds is 9. The summed E-state index contributed by atoms with van der Waals surface area (Å²) in [7, 11) is 0. The Labute approximate surface area is 201 Å². The number of hydrogen-bond acceptors (Lipinski definition) is 5. The number of benzene rings is 3. The molecule has 0 spiro atoms. The van der Waals surface area contributed by atoms with Gasteiger partial charge in [-0.25, -0.2) is 4.79 Å². The van der Waals surface area contributed by atoms with Gasteiger partial charge < -0.3 is 19.1 Å². The highest BCUT2D eigenvalue weighted by Crippen LogP contribution is 2.34. The average molecular weight is 510 g/mol. The molecule has 1 aliphatic heterocycles. The molecule has 0 N–H and O–H groups in total. The fraction of sp³-hybridized carbons (Fsp3) is 0.231. The summed E-state index contributed by atoms with van der Waals surface area (Å²) in [6.45, 7) is 2.89. The van der Waals surface area contributed by atoms with Crippen LogP contribution in [0.4, 0.5) is 5.69 Å². The Morgan fingerprint density at radius 3 is 2.61 bits per heavy atom. The van der Waals surface area contributed by atoms with E-state index in [9.17, 15) is 9.59 Å². The number of hydrogen-bond donors (Lipinski definition) is 0. The van der Waals surface area contributed by atoms with Gasteiger partial charge in [0.15, 0.2) is 6.61 Å². The van der Waals surface area contributed by atoms with Gasteiger partial charge in [0, 0.05) is 27.7 Å². The van der Waals surface area contributed by atoms with E-state index in [2.05, 4.69) is 15.9 Å². The van der Waals surface area contributed by atoms with Crippen LogP contribution in [0.15, 0.2) is 71.2 Å². The maximum atomic E-state index is 12.9. The molecular formula is C26H24BrNO5. The van der Waals surface area contributed by atoms with E-state index in [1.54, 1.807) is 17.9 Å². The van der Waals surface area contributed by atoms with Crippen LogP contribution < -0.4 is 14.4 Å². The summed E-state index contributed by atoms with van der Waals surface area (Å²) in [5.41, 5.74) is 3.45. The van der Waals surface area contributed by atoms with E-state index in [1.165, 1.54) is 0 Å². The van der Waals surface area contributed by atoms with Crippen molar-refractivity contribution in [1.82, 2.24) is 0 Å². The summed E-state index contributed by atoms with van der Waals surface area (Å²) < 4.78 is 17.4. The van der Waals surface area contributed by atoms with Crippen molar-refractivity contribution in [1.29, 1.82) is 0 Å². The molecular weight excluding hydrogens is 486 g/mol. The Balaban J connectivity index is 1.37. The Morgan fingerprint density at radius 2 is 1.82 bits per heavy atom. The fourth-order valence-corrected chi connectivity index (χ4v) is 3.95. The maximum Gasteiger partial charge on any atom is 0.344 e. The monoisotopic (exact) mass is 509 g/mol. The van der Waals surface area contributed by atoms with Crippen LogP contribution in [0.3, 0.4) is 0 Å². The molecule has 170 valence electrons. The zero-order chi connectivity index (χ0) is 23.2. The molecule has 1 heterocycles.